The summed E-state index contributed by atoms with van der Waals surface area (Å²) < 4.78 is 16.3. The van der Waals surface area contributed by atoms with Crippen molar-refractivity contribution in [2.75, 3.05) is 20.3 Å². The third-order valence-corrected chi connectivity index (χ3v) is 3.06. The maximum atomic E-state index is 5.62. The molecule has 0 radical (unpaired) electrons. The maximum absolute atomic E-state index is 5.62. The van der Waals surface area contributed by atoms with Crippen LogP contribution < -0.4 is 15.2 Å². The van der Waals surface area contributed by atoms with Crippen LogP contribution in [-0.4, -0.2) is 20.3 Å². The molecule has 0 aliphatic carbocycles. The Hall–Kier alpha value is -2.04. The molecule has 4 nitrogen and oxygen atoms in total. The molecule has 0 bridgehead atoms. The fourth-order valence-corrected chi connectivity index (χ4v) is 1.89. The van der Waals surface area contributed by atoms with Crippen LogP contribution in [0, 0.1) is 0 Å². The van der Waals surface area contributed by atoms with Crippen molar-refractivity contribution >= 4 is 0 Å². The summed E-state index contributed by atoms with van der Waals surface area (Å²) in [6, 6.07) is 15.6. The standard InChI is InChI=1S/C17H21NO3/c1-19-16-7-5-14(6-8-16)13-20-9-10-21-17-4-2-3-15(11-17)12-18/h2-8,11H,9-10,12-13,18H2,1H3. The van der Waals surface area contributed by atoms with Crippen molar-refractivity contribution in [3.8, 4) is 11.5 Å². The van der Waals surface area contributed by atoms with Gasteiger partial charge in [-0.15, -0.1) is 0 Å². The molecule has 0 unspecified atom stereocenters. The summed E-state index contributed by atoms with van der Waals surface area (Å²) in [6.45, 7) is 2.14. The molecule has 0 saturated carbocycles. The Labute approximate surface area is 125 Å². The predicted octanol–water partition coefficient (Wildman–Crippen LogP) is 2.75. The van der Waals surface area contributed by atoms with E-state index in [9.17, 15) is 0 Å². The largest absolute Gasteiger partial charge is 0.497 e. The fourth-order valence-electron chi connectivity index (χ4n) is 1.89. The zero-order chi connectivity index (χ0) is 14.9. The lowest BCUT2D eigenvalue weighted by molar-refractivity contribution is 0.0889. The average molecular weight is 287 g/mol. The molecule has 0 saturated heterocycles. The van der Waals surface area contributed by atoms with Crippen molar-refractivity contribution in [2.24, 2.45) is 5.73 Å². The Bertz CT molecular complexity index is 540. The van der Waals surface area contributed by atoms with Gasteiger partial charge in [0.2, 0.25) is 0 Å². The first-order valence-electron chi connectivity index (χ1n) is 6.94. The number of nitrogens with two attached hydrogens (primary N) is 1. The van der Waals surface area contributed by atoms with Crippen molar-refractivity contribution in [3.05, 3.63) is 59.7 Å². The molecule has 0 amide bonds. The van der Waals surface area contributed by atoms with Gasteiger partial charge in [-0.05, 0) is 35.4 Å². The first kappa shape index (κ1) is 15.4. The Balaban J connectivity index is 1.67. The monoisotopic (exact) mass is 287 g/mol. The molecule has 0 aliphatic heterocycles. The Morgan fingerprint density at radius 1 is 0.905 bits per heavy atom. The summed E-state index contributed by atoms with van der Waals surface area (Å²) in [6.07, 6.45) is 0. The molecule has 2 aromatic carbocycles. The van der Waals surface area contributed by atoms with Crippen LogP contribution in [0.4, 0.5) is 0 Å². The molecule has 4 heteroatoms. The van der Waals surface area contributed by atoms with Crippen LogP contribution in [-0.2, 0) is 17.9 Å². The summed E-state index contributed by atoms with van der Waals surface area (Å²) in [5.41, 5.74) is 7.76. The molecule has 0 heterocycles. The highest BCUT2D eigenvalue weighted by atomic mass is 16.5. The van der Waals surface area contributed by atoms with Gasteiger partial charge in [0.25, 0.3) is 0 Å². The minimum atomic E-state index is 0.518. The lowest BCUT2D eigenvalue weighted by Gasteiger charge is -2.08. The minimum absolute atomic E-state index is 0.518. The van der Waals surface area contributed by atoms with Crippen LogP contribution in [0.25, 0.3) is 0 Å². The highest BCUT2D eigenvalue weighted by Gasteiger charge is 1.97. The SMILES string of the molecule is COc1ccc(COCCOc2cccc(CN)c2)cc1. The third-order valence-electron chi connectivity index (χ3n) is 3.06. The quantitative estimate of drug-likeness (QED) is 0.759. The number of hydrogen-bond donors (Lipinski definition) is 1. The third kappa shape index (κ3) is 5.10. The molecular formula is C17H21NO3. The van der Waals surface area contributed by atoms with Gasteiger partial charge < -0.3 is 19.9 Å². The van der Waals surface area contributed by atoms with Gasteiger partial charge in [0, 0.05) is 6.54 Å². The number of ether oxygens (including phenoxy) is 3. The van der Waals surface area contributed by atoms with Gasteiger partial charge in [0.15, 0.2) is 0 Å². The zero-order valence-corrected chi connectivity index (χ0v) is 12.2. The van der Waals surface area contributed by atoms with E-state index in [4.69, 9.17) is 19.9 Å². The lowest BCUT2D eigenvalue weighted by atomic mass is 10.2. The number of hydrogen-bond acceptors (Lipinski definition) is 4. The second kappa shape index (κ2) is 8.29. The van der Waals surface area contributed by atoms with E-state index in [-0.39, 0.29) is 0 Å². The summed E-state index contributed by atoms with van der Waals surface area (Å²) in [5, 5.41) is 0. The summed E-state index contributed by atoms with van der Waals surface area (Å²) in [4.78, 5) is 0. The normalized spacial score (nSPS) is 10.4. The molecule has 2 rings (SSSR count). The van der Waals surface area contributed by atoms with Crippen LogP contribution in [0.1, 0.15) is 11.1 Å². The van der Waals surface area contributed by atoms with E-state index in [1.807, 2.05) is 48.5 Å². The molecule has 2 aromatic rings. The summed E-state index contributed by atoms with van der Waals surface area (Å²) >= 11 is 0. The van der Waals surface area contributed by atoms with E-state index >= 15 is 0 Å². The average Bonchev–Trinajstić information content (AvgIpc) is 2.55. The van der Waals surface area contributed by atoms with Gasteiger partial charge in [-0.1, -0.05) is 24.3 Å². The van der Waals surface area contributed by atoms with Crippen molar-refractivity contribution in [2.45, 2.75) is 13.2 Å². The van der Waals surface area contributed by atoms with Crippen LogP contribution in [0.3, 0.4) is 0 Å². The van der Waals surface area contributed by atoms with E-state index in [0.29, 0.717) is 26.4 Å². The van der Waals surface area contributed by atoms with Gasteiger partial charge in [-0.2, -0.15) is 0 Å². The van der Waals surface area contributed by atoms with Crippen LogP contribution in [0.15, 0.2) is 48.5 Å². The fraction of sp³-hybridized carbons (Fsp3) is 0.294. The zero-order valence-electron chi connectivity index (χ0n) is 12.2. The first-order chi connectivity index (χ1) is 10.3. The highest BCUT2D eigenvalue weighted by Crippen LogP contribution is 2.13. The predicted molar refractivity (Wildman–Crippen MR) is 82.5 cm³/mol. The number of benzene rings is 2. The molecule has 112 valence electrons. The molecule has 0 aromatic heterocycles. The van der Waals surface area contributed by atoms with Gasteiger partial charge in [-0.3, -0.25) is 0 Å². The van der Waals surface area contributed by atoms with Crippen molar-refractivity contribution in [1.29, 1.82) is 0 Å². The van der Waals surface area contributed by atoms with Gasteiger partial charge in [0.1, 0.15) is 18.1 Å². The summed E-state index contributed by atoms with van der Waals surface area (Å²) in [7, 11) is 1.66. The maximum Gasteiger partial charge on any atom is 0.119 e. The molecule has 0 atom stereocenters. The molecule has 21 heavy (non-hydrogen) atoms. The lowest BCUT2D eigenvalue weighted by Crippen LogP contribution is -2.07. The molecule has 0 spiro atoms. The smallest absolute Gasteiger partial charge is 0.119 e. The van der Waals surface area contributed by atoms with Gasteiger partial charge in [-0.25, -0.2) is 0 Å². The Kier molecular flexibility index (Phi) is 6.06. The Morgan fingerprint density at radius 3 is 2.43 bits per heavy atom. The summed E-state index contributed by atoms with van der Waals surface area (Å²) in [5.74, 6) is 1.67. The Morgan fingerprint density at radius 2 is 1.71 bits per heavy atom. The van der Waals surface area contributed by atoms with E-state index in [0.717, 1.165) is 22.6 Å². The highest BCUT2D eigenvalue weighted by molar-refractivity contribution is 5.28. The van der Waals surface area contributed by atoms with Crippen molar-refractivity contribution in [1.82, 2.24) is 0 Å². The van der Waals surface area contributed by atoms with E-state index in [1.54, 1.807) is 7.11 Å². The first-order valence-corrected chi connectivity index (χ1v) is 6.94. The second-order valence-electron chi connectivity index (χ2n) is 4.60. The number of methoxy groups -OCH3 is 1. The minimum Gasteiger partial charge on any atom is -0.497 e. The van der Waals surface area contributed by atoms with E-state index in [1.165, 1.54) is 0 Å². The van der Waals surface area contributed by atoms with E-state index < -0.39 is 0 Å². The van der Waals surface area contributed by atoms with E-state index in [2.05, 4.69) is 0 Å². The molecule has 0 aliphatic rings. The van der Waals surface area contributed by atoms with Crippen LogP contribution in [0.2, 0.25) is 0 Å². The number of rotatable bonds is 8. The van der Waals surface area contributed by atoms with Crippen molar-refractivity contribution < 1.29 is 14.2 Å². The molecule has 2 N–H and O–H groups in total. The molecule has 0 fully saturated rings. The second-order valence-corrected chi connectivity index (χ2v) is 4.60. The van der Waals surface area contributed by atoms with Crippen LogP contribution >= 0.6 is 0 Å². The van der Waals surface area contributed by atoms with Crippen molar-refractivity contribution in [3.63, 3.8) is 0 Å². The van der Waals surface area contributed by atoms with Gasteiger partial charge >= 0.3 is 0 Å². The topological polar surface area (TPSA) is 53.7 Å². The van der Waals surface area contributed by atoms with Crippen LogP contribution in [0.5, 0.6) is 11.5 Å². The van der Waals surface area contributed by atoms with Gasteiger partial charge in [0.05, 0.1) is 20.3 Å². The molecular weight excluding hydrogens is 266 g/mol.